The molecule has 0 unspecified atom stereocenters. The van der Waals surface area contributed by atoms with E-state index in [-0.39, 0.29) is 12.3 Å². The van der Waals surface area contributed by atoms with Crippen molar-refractivity contribution < 1.29 is 14.7 Å². The number of carbonyl (C=O) groups is 2. The Labute approximate surface area is 135 Å². The van der Waals surface area contributed by atoms with Gasteiger partial charge in [0, 0.05) is 19.2 Å². The third-order valence-electron chi connectivity index (χ3n) is 3.56. The highest BCUT2D eigenvalue weighted by molar-refractivity contribution is 5.93. The summed E-state index contributed by atoms with van der Waals surface area (Å²) in [6, 6.07) is 7.83. The molecular weight excluding hydrogens is 294 g/mol. The van der Waals surface area contributed by atoms with Gasteiger partial charge in [-0.05, 0) is 31.4 Å². The average Bonchev–Trinajstić information content (AvgIpc) is 3.00. The van der Waals surface area contributed by atoms with Gasteiger partial charge < -0.3 is 10.4 Å². The second-order valence-corrected chi connectivity index (χ2v) is 5.42. The normalized spacial score (nSPS) is 10.5. The largest absolute Gasteiger partial charge is 0.481 e. The number of carboxylic acid groups (broad SMARTS) is 1. The van der Waals surface area contributed by atoms with Crippen LogP contribution in [0.25, 0.3) is 5.69 Å². The molecule has 0 aliphatic heterocycles. The molecule has 2 rings (SSSR count). The van der Waals surface area contributed by atoms with E-state index in [1.54, 1.807) is 17.1 Å². The molecule has 0 aliphatic rings. The average molecular weight is 315 g/mol. The number of hydrogen-bond acceptors (Lipinski definition) is 3. The third-order valence-corrected chi connectivity index (χ3v) is 3.56. The van der Waals surface area contributed by atoms with Gasteiger partial charge >= 0.3 is 5.97 Å². The predicted molar refractivity (Wildman–Crippen MR) is 86.7 cm³/mol. The van der Waals surface area contributed by atoms with Gasteiger partial charge in [-0.25, -0.2) is 4.68 Å². The van der Waals surface area contributed by atoms with Gasteiger partial charge in [-0.1, -0.05) is 24.6 Å². The molecule has 0 bridgehead atoms. The molecule has 0 fully saturated rings. The molecule has 2 aromatic rings. The topological polar surface area (TPSA) is 84.2 Å². The minimum Gasteiger partial charge on any atom is -0.481 e. The van der Waals surface area contributed by atoms with E-state index in [2.05, 4.69) is 10.4 Å². The van der Waals surface area contributed by atoms with Crippen LogP contribution in [0.1, 0.15) is 41.6 Å². The molecule has 1 aromatic carbocycles. The molecule has 0 atom stereocenters. The van der Waals surface area contributed by atoms with E-state index < -0.39 is 5.97 Å². The number of rotatable bonds is 8. The first kappa shape index (κ1) is 16.7. The Kier molecular flexibility index (Phi) is 5.91. The number of para-hydroxylation sites is 1. The summed E-state index contributed by atoms with van der Waals surface area (Å²) < 4.78 is 1.69. The van der Waals surface area contributed by atoms with Crippen LogP contribution in [0.2, 0.25) is 0 Å². The highest BCUT2D eigenvalue weighted by atomic mass is 16.4. The van der Waals surface area contributed by atoms with Crippen LogP contribution < -0.4 is 5.32 Å². The van der Waals surface area contributed by atoms with Crippen LogP contribution >= 0.6 is 0 Å². The van der Waals surface area contributed by atoms with Crippen LogP contribution in [0.5, 0.6) is 0 Å². The summed E-state index contributed by atoms with van der Waals surface area (Å²) in [4.78, 5) is 22.4. The number of benzene rings is 1. The Bertz CT molecular complexity index is 679. The van der Waals surface area contributed by atoms with Gasteiger partial charge in [0.25, 0.3) is 5.91 Å². The monoisotopic (exact) mass is 315 g/mol. The fraction of sp³-hybridized carbons (Fsp3) is 0.353. The summed E-state index contributed by atoms with van der Waals surface area (Å²) >= 11 is 0. The zero-order chi connectivity index (χ0) is 16.7. The van der Waals surface area contributed by atoms with Gasteiger partial charge in [0.05, 0.1) is 17.4 Å². The number of aryl methyl sites for hydroxylation is 1. The van der Waals surface area contributed by atoms with E-state index in [4.69, 9.17) is 5.11 Å². The minimum atomic E-state index is -0.780. The molecule has 122 valence electrons. The van der Waals surface area contributed by atoms with Crippen LogP contribution in [-0.4, -0.2) is 33.3 Å². The van der Waals surface area contributed by atoms with Gasteiger partial charge in [-0.3, -0.25) is 9.59 Å². The lowest BCUT2D eigenvalue weighted by Gasteiger charge is -2.05. The first-order valence-corrected chi connectivity index (χ1v) is 7.68. The summed E-state index contributed by atoms with van der Waals surface area (Å²) in [5.41, 5.74) is 2.54. The van der Waals surface area contributed by atoms with E-state index in [0.29, 0.717) is 18.5 Å². The van der Waals surface area contributed by atoms with Crippen molar-refractivity contribution in [3.63, 3.8) is 0 Å². The number of carbonyl (C=O) groups excluding carboxylic acids is 1. The van der Waals surface area contributed by atoms with Crippen molar-refractivity contribution in [1.82, 2.24) is 15.1 Å². The van der Waals surface area contributed by atoms with E-state index in [9.17, 15) is 9.59 Å². The molecule has 1 heterocycles. The number of nitrogens with one attached hydrogen (secondary N) is 1. The number of nitrogens with zero attached hydrogens (tertiary/aromatic N) is 2. The Hall–Kier alpha value is -2.63. The summed E-state index contributed by atoms with van der Waals surface area (Å²) in [5.74, 6) is -0.944. The van der Waals surface area contributed by atoms with Gasteiger partial charge in [0.15, 0.2) is 0 Å². The van der Waals surface area contributed by atoms with Crippen molar-refractivity contribution in [2.45, 2.75) is 32.6 Å². The van der Waals surface area contributed by atoms with Crippen molar-refractivity contribution in [2.75, 3.05) is 6.54 Å². The Morgan fingerprint density at radius 3 is 2.74 bits per heavy atom. The molecule has 1 amide bonds. The van der Waals surface area contributed by atoms with E-state index in [1.165, 1.54) is 0 Å². The van der Waals surface area contributed by atoms with Gasteiger partial charge in [-0.15, -0.1) is 0 Å². The predicted octanol–water partition coefficient (Wildman–Crippen LogP) is 2.56. The number of aliphatic carboxylic acids is 1. The minimum absolute atomic E-state index is 0.164. The molecule has 23 heavy (non-hydrogen) atoms. The molecule has 0 saturated heterocycles. The molecule has 0 aliphatic carbocycles. The second-order valence-electron chi connectivity index (χ2n) is 5.42. The highest BCUT2D eigenvalue weighted by Crippen LogP contribution is 2.13. The first-order valence-electron chi connectivity index (χ1n) is 7.68. The van der Waals surface area contributed by atoms with Crippen LogP contribution in [0.15, 0.2) is 36.7 Å². The Morgan fingerprint density at radius 2 is 2.00 bits per heavy atom. The van der Waals surface area contributed by atoms with Crippen molar-refractivity contribution in [2.24, 2.45) is 0 Å². The number of unbranched alkanes of at least 4 members (excludes halogenated alkanes) is 2. The molecule has 1 aromatic heterocycles. The molecular formula is C17H21N3O3. The number of hydrogen-bond donors (Lipinski definition) is 2. The van der Waals surface area contributed by atoms with Crippen molar-refractivity contribution >= 4 is 11.9 Å². The summed E-state index contributed by atoms with van der Waals surface area (Å²) in [6.07, 6.45) is 5.63. The fourth-order valence-corrected chi connectivity index (χ4v) is 2.27. The van der Waals surface area contributed by atoms with Crippen LogP contribution in [0, 0.1) is 6.92 Å². The molecule has 0 spiro atoms. The lowest BCUT2D eigenvalue weighted by Crippen LogP contribution is -2.24. The van der Waals surface area contributed by atoms with Crippen LogP contribution in [0.4, 0.5) is 0 Å². The maximum Gasteiger partial charge on any atom is 0.303 e. The maximum atomic E-state index is 12.1. The zero-order valence-electron chi connectivity index (χ0n) is 13.2. The lowest BCUT2D eigenvalue weighted by molar-refractivity contribution is -0.137. The smallest absolute Gasteiger partial charge is 0.303 e. The number of aromatic nitrogens is 2. The van der Waals surface area contributed by atoms with E-state index in [0.717, 1.165) is 24.1 Å². The van der Waals surface area contributed by atoms with Crippen molar-refractivity contribution in [3.8, 4) is 5.69 Å². The third kappa shape index (κ3) is 4.95. The van der Waals surface area contributed by atoms with Crippen LogP contribution in [0.3, 0.4) is 0 Å². The quantitative estimate of drug-likeness (QED) is 0.733. The molecule has 0 saturated carbocycles. The molecule has 0 radical (unpaired) electrons. The summed E-state index contributed by atoms with van der Waals surface area (Å²) in [6.45, 7) is 2.53. The van der Waals surface area contributed by atoms with Crippen molar-refractivity contribution in [1.29, 1.82) is 0 Å². The van der Waals surface area contributed by atoms with Gasteiger partial charge in [0.1, 0.15) is 0 Å². The molecule has 6 heteroatoms. The standard InChI is InChI=1S/C17H21N3O3/c1-13-7-4-5-8-15(13)20-12-14(11-19-20)17(23)18-10-6-2-3-9-16(21)22/h4-5,7-8,11-12H,2-3,6,9-10H2,1H3,(H,18,23)(H,21,22). The van der Waals surface area contributed by atoms with E-state index >= 15 is 0 Å². The number of carboxylic acids is 1. The fourth-order valence-electron chi connectivity index (χ4n) is 2.27. The molecule has 2 N–H and O–H groups in total. The highest BCUT2D eigenvalue weighted by Gasteiger charge is 2.09. The van der Waals surface area contributed by atoms with Crippen LogP contribution in [-0.2, 0) is 4.79 Å². The van der Waals surface area contributed by atoms with Gasteiger partial charge in [0.2, 0.25) is 0 Å². The SMILES string of the molecule is Cc1ccccc1-n1cc(C(=O)NCCCCCC(=O)O)cn1. The van der Waals surface area contributed by atoms with E-state index in [1.807, 2.05) is 31.2 Å². The maximum absolute atomic E-state index is 12.1. The first-order chi connectivity index (χ1) is 11.1. The zero-order valence-corrected chi connectivity index (χ0v) is 13.2. The van der Waals surface area contributed by atoms with Crippen molar-refractivity contribution in [3.05, 3.63) is 47.8 Å². The van der Waals surface area contributed by atoms with Gasteiger partial charge in [-0.2, -0.15) is 5.10 Å². The number of amides is 1. The second kappa shape index (κ2) is 8.12. The lowest BCUT2D eigenvalue weighted by atomic mass is 10.2. The summed E-state index contributed by atoms with van der Waals surface area (Å²) in [5, 5.41) is 15.6. The summed E-state index contributed by atoms with van der Waals surface area (Å²) in [7, 11) is 0. The molecule has 6 nitrogen and oxygen atoms in total. The Morgan fingerprint density at radius 1 is 1.22 bits per heavy atom. The Balaban J connectivity index is 1.82.